The Morgan fingerprint density at radius 2 is 0.732 bits per heavy atom. The minimum Gasteiger partial charge on any atom is -0.364 e. The fraction of sp³-hybridized carbons (Fsp3) is 0.145. The number of amides is 1. The van der Waals surface area contributed by atoms with Crippen LogP contribution in [-0.2, 0) is 26.2 Å². The molecule has 0 bridgehead atoms. The van der Waals surface area contributed by atoms with Crippen LogP contribution in [0, 0.1) is 83.9 Å². The number of Topliss-reactive ketones (excluding diaryl/α,β-unsaturated/α-hetero) is 4. The molecule has 0 unspecified atom stereocenters. The van der Waals surface area contributed by atoms with Gasteiger partial charge in [-0.15, -0.1) is 20.4 Å². The molecule has 40 heteroatoms. The van der Waals surface area contributed by atoms with Gasteiger partial charge in [0.25, 0.3) is 28.7 Å². The number of nitro benzene ring substituents is 4. The van der Waals surface area contributed by atoms with E-state index in [4.69, 9.17) is 16.3 Å². The molecule has 0 saturated carbocycles. The van der Waals surface area contributed by atoms with Crippen molar-refractivity contribution in [3.63, 3.8) is 0 Å². The smallest absolute Gasteiger partial charge is 0.270 e. The zero-order valence-electron chi connectivity index (χ0n) is 66.1. The Hall–Kier alpha value is -15.4. The molecule has 0 spiro atoms. The summed E-state index contributed by atoms with van der Waals surface area (Å²) in [7, 11) is 2.01. The van der Waals surface area contributed by atoms with E-state index in [2.05, 4.69) is 98.4 Å². The van der Waals surface area contributed by atoms with Gasteiger partial charge in [0.2, 0.25) is 20.6 Å². The number of benzene rings is 8. The molecule has 0 atom stereocenters. The maximum Gasteiger partial charge on any atom is 0.270 e. The number of nitrogens with zero attached hydrogens (tertiary/aromatic N) is 15. The Morgan fingerprint density at radius 3 is 1.11 bits per heavy atom. The molecule has 616 valence electrons. The van der Waals surface area contributed by atoms with Crippen LogP contribution in [0.3, 0.4) is 0 Å². The zero-order valence-corrected chi connectivity index (χ0v) is 69.3. The third-order valence-corrected chi connectivity index (χ3v) is 22.9. The van der Waals surface area contributed by atoms with Crippen molar-refractivity contribution in [3.8, 4) is 102 Å². The number of carbonyl (C=O) groups is 5. The fourth-order valence-corrected chi connectivity index (χ4v) is 15.4. The van der Waals surface area contributed by atoms with E-state index >= 15 is 0 Å². The lowest BCUT2D eigenvalue weighted by molar-refractivity contribution is -0.384. The van der Waals surface area contributed by atoms with Gasteiger partial charge in [0.1, 0.15) is 52.4 Å². The number of aromatic nitrogens is 16. The number of rotatable bonds is 25. The summed E-state index contributed by atoms with van der Waals surface area (Å²) in [5, 5.41) is 97.0. The monoisotopic (exact) mass is 1720 g/mol. The standard InChI is InChI=1S/C21H18N6O4S.C21H16N6O3S.C21H19N5O3S.C20H14N6O3S/c1-10(28)9-32-21-24-20(25-26-21)13-5-12(6-14(7-13)27(30)31)15-3-4-17-16(11(15)2)8-18(23-17)19(22)29;1-11(28)10-31-21-24-20(25-26-21)14-5-13(6-16(7-14)27(29)30)17-3-4-19-18(12(17)2)8-15(9-22)23-19;1-12-6-16-7-14(4-5-19(16)25(12)3)15-8-17(10-18(9-15)26(28)29)20-22-21(24-23-20)30-11-13(2)27;1-11(27)10-30-20-23-19(24-25-20)15-5-13(7-17(8-15)26(28)29)12-2-3-18-14(4-12)6-16(9-21)22-18/h3-8,23H,9H2,1-2H3,(H2,22,29)(H,24,25,26);3-8,23H,10H2,1-2H3,(H,24,25,26);4-10H,11H2,1-3H3,(H,22,23,24);2-8,22H,10H2,1H3,(H,23,24,25). The second-order valence-electron chi connectivity index (χ2n) is 27.9. The molecular formula is C83H67N23O13S4. The summed E-state index contributed by atoms with van der Waals surface area (Å²) in [5.74, 6) is 2.00. The SMILES string of the molecule is CC(=O)CSc1n[nH]c(-c2cc(-c3ccc4[nH]c(C#N)cc4c3)cc([N+](=O)[O-])c2)n1.CC(=O)CSc1n[nH]c(-c2cc(-c3ccc4[nH]c(C#N)cc4c3C)cc([N+](=O)[O-])c2)n1.CC(=O)CSc1n[nH]c(-c2cc(-c3ccc4[nH]c(C(N)=O)cc4c3C)cc([N+](=O)[O-])c2)n1.CC(=O)CSc1n[nH]c(-c2cc(-c3ccc4c(c3)cc(C)n4C)cc([N+](=O)[O-])c2)n1. The van der Waals surface area contributed by atoms with Gasteiger partial charge < -0.3 is 25.3 Å². The van der Waals surface area contributed by atoms with Crippen LogP contribution in [0.4, 0.5) is 22.7 Å². The van der Waals surface area contributed by atoms with E-state index < -0.39 is 25.6 Å². The van der Waals surface area contributed by atoms with Crippen molar-refractivity contribution in [3.05, 3.63) is 232 Å². The van der Waals surface area contributed by atoms with Gasteiger partial charge in [-0.25, -0.2) is 19.9 Å². The van der Waals surface area contributed by atoms with Crippen molar-refractivity contribution < 1.29 is 43.7 Å². The zero-order chi connectivity index (χ0) is 87.8. The highest BCUT2D eigenvalue weighted by Gasteiger charge is 2.24. The first-order chi connectivity index (χ1) is 58.8. The Bertz CT molecular complexity index is 7060. The maximum atomic E-state index is 11.6. The van der Waals surface area contributed by atoms with Crippen molar-refractivity contribution >= 4 is 142 Å². The average Bonchev–Trinajstić information content (AvgIpc) is 1.72. The molecule has 0 aliphatic rings. The lowest BCUT2D eigenvalue weighted by Crippen LogP contribution is -2.10. The number of hydrogen-bond donors (Lipinski definition) is 8. The molecule has 36 nitrogen and oxygen atoms in total. The summed E-state index contributed by atoms with van der Waals surface area (Å²) in [4.78, 5) is 127. The van der Waals surface area contributed by atoms with Gasteiger partial charge >= 0.3 is 0 Å². The quantitative estimate of drug-likeness (QED) is 0.0150. The normalized spacial score (nSPS) is 11.0. The number of primary amides is 1. The number of fused-ring (bicyclic) bond motifs is 4. The van der Waals surface area contributed by atoms with Crippen LogP contribution in [0.5, 0.6) is 0 Å². The molecule has 1 amide bonds. The van der Waals surface area contributed by atoms with E-state index in [1.165, 1.54) is 117 Å². The molecule has 0 radical (unpaired) electrons. The number of nitro groups is 4. The van der Waals surface area contributed by atoms with Crippen molar-refractivity contribution in [2.75, 3.05) is 23.0 Å². The number of nitrogens with one attached hydrogen (secondary N) is 7. The van der Waals surface area contributed by atoms with Crippen molar-refractivity contribution in [2.45, 2.75) is 69.1 Å². The largest absolute Gasteiger partial charge is 0.364 e. The highest BCUT2D eigenvalue weighted by atomic mass is 32.2. The molecule has 0 saturated heterocycles. The van der Waals surface area contributed by atoms with Gasteiger partial charge in [0.15, 0.2) is 23.3 Å². The fourth-order valence-electron chi connectivity index (χ4n) is 13.0. The summed E-state index contributed by atoms with van der Waals surface area (Å²) < 4.78 is 2.10. The van der Waals surface area contributed by atoms with Gasteiger partial charge in [0, 0.05) is 127 Å². The van der Waals surface area contributed by atoms with Gasteiger partial charge in [-0.3, -0.25) is 84.8 Å². The summed E-state index contributed by atoms with van der Waals surface area (Å²) in [6.45, 7) is 11.8. The Kier molecular flexibility index (Phi) is 25.6. The van der Waals surface area contributed by atoms with Crippen LogP contribution < -0.4 is 5.73 Å². The Morgan fingerprint density at radius 1 is 0.398 bits per heavy atom. The number of H-pyrrole nitrogens is 7. The number of aryl methyl sites for hydroxylation is 4. The predicted molar refractivity (Wildman–Crippen MR) is 465 cm³/mol. The molecule has 123 heavy (non-hydrogen) atoms. The third-order valence-electron chi connectivity index (χ3n) is 18.9. The highest BCUT2D eigenvalue weighted by Crippen LogP contribution is 2.40. The van der Waals surface area contributed by atoms with E-state index in [1.807, 2.05) is 88.5 Å². The number of thioether (sulfide) groups is 4. The van der Waals surface area contributed by atoms with Crippen LogP contribution in [0.15, 0.2) is 178 Å². The molecule has 0 aliphatic carbocycles. The number of nitrogens with two attached hydrogens (primary N) is 1. The number of nitriles is 2. The van der Waals surface area contributed by atoms with Crippen LogP contribution in [0.25, 0.3) is 134 Å². The van der Waals surface area contributed by atoms with Gasteiger partial charge in [-0.05, 0) is 189 Å². The number of carbonyl (C=O) groups excluding carboxylic acids is 5. The van der Waals surface area contributed by atoms with E-state index in [0.29, 0.717) is 94.3 Å². The lowest BCUT2D eigenvalue weighted by atomic mass is 9.95. The van der Waals surface area contributed by atoms with Crippen LogP contribution >= 0.6 is 47.0 Å². The molecular weight excluding hydrogens is 1660 g/mol. The molecule has 8 aromatic carbocycles. The number of aromatic amines is 7. The average molecular weight is 1720 g/mol. The first-order valence-corrected chi connectivity index (χ1v) is 40.7. The van der Waals surface area contributed by atoms with E-state index in [-0.39, 0.29) is 74.6 Å². The summed E-state index contributed by atoms with van der Waals surface area (Å²) >= 11 is 4.80. The van der Waals surface area contributed by atoms with Gasteiger partial charge in [-0.2, -0.15) is 10.5 Å². The first kappa shape index (κ1) is 85.5. The van der Waals surface area contributed by atoms with E-state index in [1.54, 1.807) is 48.5 Å². The molecule has 9 N–H and O–H groups in total. The Balaban J connectivity index is 0.000000141. The van der Waals surface area contributed by atoms with Crippen molar-refractivity contribution in [1.82, 2.24) is 80.2 Å². The molecule has 0 aliphatic heterocycles. The maximum absolute atomic E-state index is 11.6. The predicted octanol–water partition coefficient (Wildman–Crippen LogP) is 16.6. The van der Waals surface area contributed by atoms with Crippen molar-refractivity contribution in [1.29, 1.82) is 10.5 Å². The topological polar surface area (TPSA) is 550 Å². The molecule has 16 aromatic rings. The summed E-state index contributed by atoms with van der Waals surface area (Å²) in [6.07, 6.45) is 0. The number of non-ortho nitro benzene ring substituents is 4. The molecule has 0 fully saturated rings. The molecule has 8 heterocycles. The summed E-state index contributed by atoms with van der Waals surface area (Å²) in [5.41, 5.74) is 20.5. The number of ketones is 4. The minimum atomic E-state index is -0.566. The van der Waals surface area contributed by atoms with Crippen LogP contribution in [0.1, 0.15) is 66.4 Å². The van der Waals surface area contributed by atoms with E-state index in [9.17, 15) is 64.4 Å². The van der Waals surface area contributed by atoms with Crippen LogP contribution in [0.2, 0.25) is 0 Å². The molecule has 16 rings (SSSR count). The highest BCUT2D eigenvalue weighted by molar-refractivity contribution is 8.00. The van der Waals surface area contributed by atoms with Crippen LogP contribution in [-0.4, -0.2) is 152 Å². The number of hydrogen-bond acceptors (Lipinski definition) is 27. The minimum absolute atomic E-state index is 0.00342. The van der Waals surface area contributed by atoms with E-state index in [0.717, 1.165) is 88.2 Å². The second-order valence-corrected chi connectivity index (χ2v) is 31.7. The van der Waals surface area contributed by atoms with Gasteiger partial charge in [-0.1, -0.05) is 71.3 Å². The third kappa shape index (κ3) is 20.2. The first-order valence-electron chi connectivity index (χ1n) is 36.8. The van der Waals surface area contributed by atoms with Crippen molar-refractivity contribution in [2.24, 2.45) is 12.8 Å². The second kappa shape index (κ2) is 36.9. The lowest BCUT2D eigenvalue weighted by Gasteiger charge is -2.09. The summed E-state index contributed by atoms with van der Waals surface area (Å²) in [6, 6.07) is 49.3. The molecule has 8 aromatic heterocycles. The van der Waals surface area contributed by atoms with Gasteiger partial charge in [0.05, 0.1) is 42.7 Å². The Labute approximate surface area is 711 Å².